The maximum Gasteiger partial charge on any atom is 0.234 e. The molecule has 1 heterocycles. The number of nitrogens with one attached hydrogen (secondary N) is 2. The highest BCUT2D eigenvalue weighted by molar-refractivity contribution is 8.00. The molecule has 1 atom stereocenters. The zero-order valence-corrected chi connectivity index (χ0v) is 15.0. The van der Waals surface area contributed by atoms with Crippen LogP contribution in [-0.4, -0.2) is 21.6 Å². The summed E-state index contributed by atoms with van der Waals surface area (Å²) < 4.78 is 0. The van der Waals surface area contributed by atoms with Crippen LogP contribution >= 0.6 is 23.4 Å². The van der Waals surface area contributed by atoms with Gasteiger partial charge in [-0.05, 0) is 43.7 Å². The average molecular weight is 360 g/mol. The van der Waals surface area contributed by atoms with Gasteiger partial charge in [-0.15, -0.1) is 11.8 Å². The van der Waals surface area contributed by atoms with Crippen molar-refractivity contribution in [2.45, 2.75) is 19.1 Å². The summed E-state index contributed by atoms with van der Waals surface area (Å²) in [7, 11) is 0. The first-order valence-corrected chi connectivity index (χ1v) is 9.08. The van der Waals surface area contributed by atoms with Crippen molar-refractivity contribution < 1.29 is 4.79 Å². The van der Waals surface area contributed by atoms with Gasteiger partial charge < -0.3 is 10.3 Å². The van der Waals surface area contributed by atoms with Gasteiger partial charge in [-0.2, -0.15) is 0 Å². The van der Waals surface area contributed by atoms with Crippen molar-refractivity contribution in [3.05, 3.63) is 58.9 Å². The molecule has 0 aliphatic rings. The Kier molecular flexibility index (Phi) is 5.11. The van der Waals surface area contributed by atoms with E-state index in [0.29, 0.717) is 16.5 Å². The number of halogens is 1. The highest BCUT2D eigenvalue weighted by atomic mass is 35.5. The van der Waals surface area contributed by atoms with Crippen LogP contribution in [-0.2, 0) is 4.79 Å². The lowest BCUT2D eigenvalue weighted by Crippen LogP contribution is -2.14. The smallest absolute Gasteiger partial charge is 0.234 e. The molecule has 3 rings (SSSR count). The number of fused-ring (bicyclic) bond motifs is 1. The Morgan fingerprint density at radius 2 is 2.12 bits per heavy atom. The van der Waals surface area contributed by atoms with E-state index in [4.69, 9.17) is 11.6 Å². The van der Waals surface area contributed by atoms with Gasteiger partial charge in [0.05, 0.1) is 22.0 Å². The van der Waals surface area contributed by atoms with Crippen LogP contribution < -0.4 is 5.32 Å². The lowest BCUT2D eigenvalue weighted by molar-refractivity contribution is -0.113. The number of amides is 1. The quantitative estimate of drug-likeness (QED) is 0.677. The molecule has 3 aromatic rings. The van der Waals surface area contributed by atoms with Crippen molar-refractivity contribution in [2.24, 2.45) is 0 Å². The standard InChI is InChI=1S/C18H18ClN3OS/c1-11-7-8-13(9-14(11)19)20-17(23)10-24-12(2)18-21-15-5-3-4-6-16(15)22-18/h3-9,12H,10H2,1-2H3,(H,20,23)(H,21,22)/t12-/m0/s1. The summed E-state index contributed by atoms with van der Waals surface area (Å²) in [6.07, 6.45) is 0. The first-order chi connectivity index (χ1) is 11.5. The molecule has 24 heavy (non-hydrogen) atoms. The molecule has 2 N–H and O–H groups in total. The largest absolute Gasteiger partial charge is 0.341 e. The summed E-state index contributed by atoms with van der Waals surface area (Å²) in [6.45, 7) is 3.97. The molecule has 1 amide bonds. The third-order valence-electron chi connectivity index (χ3n) is 3.71. The predicted octanol–water partition coefficient (Wildman–Crippen LogP) is 4.96. The highest BCUT2D eigenvalue weighted by Crippen LogP contribution is 2.28. The monoisotopic (exact) mass is 359 g/mol. The molecule has 0 saturated carbocycles. The second kappa shape index (κ2) is 7.28. The Morgan fingerprint density at radius 3 is 2.88 bits per heavy atom. The van der Waals surface area contributed by atoms with Crippen molar-refractivity contribution >= 4 is 46.0 Å². The van der Waals surface area contributed by atoms with E-state index in [9.17, 15) is 4.79 Å². The second-order valence-electron chi connectivity index (χ2n) is 5.60. The maximum atomic E-state index is 12.1. The Hall–Kier alpha value is -1.98. The molecule has 0 spiro atoms. The van der Waals surface area contributed by atoms with Crippen molar-refractivity contribution in [3.8, 4) is 0 Å². The molecule has 0 radical (unpaired) electrons. The molecule has 4 nitrogen and oxygen atoms in total. The van der Waals surface area contributed by atoms with Gasteiger partial charge >= 0.3 is 0 Å². The van der Waals surface area contributed by atoms with E-state index in [-0.39, 0.29) is 11.2 Å². The summed E-state index contributed by atoms with van der Waals surface area (Å²) >= 11 is 7.62. The fraction of sp³-hybridized carbons (Fsp3) is 0.222. The van der Waals surface area contributed by atoms with E-state index in [0.717, 1.165) is 22.4 Å². The number of hydrogen-bond acceptors (Lipinski definition) is 3. The summed E-state index contributed by atoms with van der Waals surface area (Å²) in [5, 5.41) is 3.62. The first kappa shape index (κ1) is 16.9. The Morgan fingerprint density at radius 1 is 1.33 bits per heavy atom. The third-order valence-corrected chi connectivity index (χ3v) is 5.27. The van der Waals surface area contributed by atoms with E-state index in [1.165, 1.54) is 0 Å². The fourth-order valence-corrected chi connectivity index (χ4v) is 3.24. The van der Waals surface area contributed by atoms with E-state index < -0.39 is 0 Å². The third kappa shape index (κ3) is 3.91. The SMILES string of the molecule is Cc1ccc(NC(=O)CS[C@@H](C)c2nc3ccccc3[nH]2)cc1Cl. The van der Waals surface area contributed by atoms with Crippen LogP contribution in [0.4, 0.5) is 5.69 Å². The van der Waals surface area contributed by atoms with Gasteiger partial charge in [0.25, 0.3) is 0 Å². The van der Waals surface area contributed by atoms with E-state index in [1.807, 2.05) is 50.2 Å². The molecular weight excluding hydrogens is 342 g/mol. The van der Waals surface area contributed by atoms with Gasteiger partial charge in [0.15, 0.2) is 0 Å². The number of benzene rings is 2. The number of anilines is 1. The molecule has 0 fully saturated rings. The van der Waals surface area contributed by atoms with Gasteiger partial charge in [0.1, 0.15) is 5.82 Å². The number of aromatic nitrogens is 2. The fourth-order valence-electron chi connectivity index (χ4n) is 2.31. The molecule has 0 unspecified atom stereocenters. The normalized spacial score (nSPS) is 12.3. The van der Waals surface area contributed by atoms with E-state index in [2.05, 4.69) is 15.3 Å². The van der Waals surface area contributed by atoms with Crippen LogP contribution in [0.1, 0.15) is 23.6 Å². The summed E-state index contributed by atoms with van der Waals surface area (Å²) in [4.78, 5) is 20.0. The van der Waals surface area contributed by atoms with Crippen LogP contribution in [0, 0.1) is 6.92 Å². The summed E-state index contributed by atoms with van der Waals surface area (Å²) in [6, 6.07) is 13.4. The van der Waals surface area contributed by atoms with Gasteiger partial charge in [-0.1, -0.05) is 29.8 Å². The number of aryl methyl sites for hydroxylation is 1. The van der Waals surface area contributed by atoms with Crippen molar-refractivity contribution in [2.75, 3.05) is 11.1 Å². The number of aromatic amines is 1. The van der Waals surface area contributed by atoms with Crippen LogP contribution in [0.25, 0.3) is 11.0 Å². The predicted molar refractivity (Wildman–Crippen MR) is 102 cm³/mol. The van der Waals surface area contributed by atoms with Crippen LogP contribution in [0.2, 0.25) is 5.02 Å². The van der Waals surface area contributed by atoms with Gasteiger partial charge in [-0.25, -0.2) is 4.98 Å². The summed E-state index contributed by atoms with van der Waals surface area (Å²) in [5.41, 5.74) is 3.66. The number of rotatable bonds is 5. The van der Waals surface area contributed by atoms with Gasteiger partial charge in [-0.3, -0.25) is 4.79 Å². The zero-order chi connectivity index (χ0) is 17.1. The minimum absolute atomic E-state index is 0.0529. The number of nitrogens with zero attached hydrogens (tertiary/aromatic N) is 1. The van der Waals surface area contributed by atoms with E-state index >= 15 is 0 Å². The Balaban J connectivity index is 1.58. The number of para-hydroxylation sites is 2. The van der Waals surface area contributed by atoms with Crippen molar-refractivity contribution in [1.82, 2.24) is 9.97 Å². The van der Waals surface area contributed by atoms with Gasteiger partial charge in [0, 0.05) is 10.7 Å². The maximum absolute atomic E-state index is 12.1. The van der Waals surface area contributed by atoms with Crippen LogP contribution in [0.3, 0.4) is 0 Å². The van der Waals surface area contributed by atoms with Crippen molar-refractivity contribution in [1.29, 1.82) is 0 Å². The zero-order valence-electron chi connectivity index (χ0n) is 13.5. The number of H-pyrrole nitrogens is 1. The molecule has 124 valence electrons. The highest BCUT2D eigenvalue weighted by Gasteiger charge is 2.13. The van der Waals surface area contributed by atoms with Gasteiger partial charge in [0.2, 0.25) is 5.91 Å². The number of thioether (sulfide) groups is 1. The number of hydrogen-bond donors (Lipinski definition) is 2. The molecular formula is C18H18ClN3OS. The van der Waals surface area contributed by atoms with E-state index in [1.54, 1.807) is 17.8 Å². The van der Waals surface area contributed by atoms with Crippen LogP contribution in [0.15, 0.2) is 42.5 Å². The Bertz CT molecular complexity index is 845. The lowest BCUT2D eigenvalue weighted by atomic mass is 10.2. The molecule has 0 aliphatic carbocycles. The Labute approximate surface area is 150 Å². The average Bonchev–Trinajstić information content (AvgIpc) is 3.00. The molecule has 0 bridgehead atoms. The minimum Gasteiger partial charge on any atom is -0.341 e. The van der Waals surface area contributed by atoms with Crippen molar-refractivity contribution in [3.63, 3.8) is 0 Å². The molecule has 1 aromatic heterocycles. The molecule has 0 aliphatic heterocycles. The number of carbonyl (C=O) groups is 1. The number of carbonyl (C=O) groups excluding carboxylic acids is 1. The molecule has 2 aromatic carbocycles. The molecule has 6 heteroatoms. The lowest BCUT2D eigenvalue weighted by Gasteiger charge is -2.09. The second-order valence-corrected chi connectivity index (χ2v) is 7.34. The minimum atomic E-state index is -0.0529. The summed E-state index contributed by atoms with van der Waals surface area (Å²) in [5.74, 6) is 1.18. The number of imidazole rings is 1. The first-order valence-electron chi connectivity index (χ1n) is 7.65. The molecule has 0 saturated heterocycles. The van der Waals surface area contributed by atoms with Crippen LogP contribution in [0.5, 0.6) is 0 Å². The topological polar surface area (TPSA) is 57.8 Å².